The summed E-state index contributed by atoms with van der Waals surface area (Å²) in [5.41, 5.74) is 0.772. The summed E-state index contributed by atoms with van der Waals surface area (Å²) in [6.07, 6.45) is -0.0441. The van der Waals surface area contributed by atoms with E-state index in [-0.39, 0.29) is 24.6 Å². The molecule has 0 aliphatic carbocycles. The van der Waals surface area contributed by atoms with E-state index in [9.17, 15) is 14.0 Å². The van der Waals surface area contributed by atoms with Crippen LogP contribution in [0.25, 0.3) is 0 Å². The number of nitrogens with one attached hydrogen (secondary N) is 1. The molecule has 2 rings (SSSR count). The van der Waals surface area contributed by atoms with Gasteiger partial charge in [-0.1, -0.05) is 35.3 Å². The number of likely N-dealkylation sites (N-methyl/N-ethyl adjacent to an activating group) is 1. The number of hydrogen-bond donors (Lipinski definition) is 1. The average molecular weight is 399 g/mol. The Labute approximate surface area is 160 Å². The number of methoxy groups -OCH3 is 1. The summed E-state index contributed by atoms with van der Waals surface area (Å²) in [6, 6.07) is 9.12. The van der Waals surface area contributed by atoms with E-state index in [1.807, 2.05) is 0 Å². The Morgan fingerprint density at radius 3 is 2.42 bits per heavy atom. The monoisotopic (exact) mass is 398 g/mol. The van der Waals surface area contributed by atoms with Gasteiger partial charge in [-0.2, -0.15) is 0 Å². The van der Waals surface area contributed by atoms with E-state index in [1.54, 1.807) is 24.3 Å². The molecule has 0 unspecified atom stereocenters. The van der Waals surface area contributed by atoms with Gasteiger partial charge < -0.3 is 15.0 Å². The predicted octanol–water partition coefficient (Wildman–Crippen LogP) is 3.78. The standard InChI is InChI=1S/C18H17Cl2FN2O3/c1-23(10-16(24)22-18-12(19)4-3-5-13(18)20)17(25)9-11-6-7-15(26-2)14(21)8-11/h3-8H,9-10H2,1-2H3,(H,22,24). The number of nitrogens with zero attached hydrogens (tertiary/aromatic N) is 1. The lowest BCUT2D eigenvalue weighted by atomic mass is 10.1. The second kappa shape index (κ2) is 8.87. The maximum atomic E-state index is 13.7. The highest BCUT2D eigenvalue weighted by atomic mass is 35.5. The lowest BCUT2D eigenvalue weighted by Gasteiger charge is -2.17. The average Bonchev–Trinajstić information content (AvgIpc) is 2.58. The molecule has 5 nitrogen and oxygen atoms in total. The fraction of sp³-hybridized carbons (Fsp3) is 0.222. The summed E-state index contributed by atoms with van der Waals surface area (Å²) < 4.78 is 18.5. The van der Waals surface area contributed by atoms with Gasteiger partial charge in [-0.15, -0.1) is 0 Å². The molecule has 2 aromatic rings. The van der Waals surface area contributed by atoms with Gasteiger partial charge >= 0.3 is 0 Å². The number of hydrogen-bond acceptors (Lipinski definition) is 3. The van der Waals surface area contributed by atoms with Crippen LogP contribution in [0, 0.1) is 5.82 Å². The van der Waals surface area contributed by atoms with Crippen molar-refractivity contribution < 1.29 is 18.7 Å². The first kappa shape index (κ1) is 20.0. The Morgan fingerprint density at radius 2 is 1.85 bits per heavy atom. The minimum atomic E-state index is -0.549. The van der Waals surface area contributed by atoms with Crippen LogP contribution in [0.15, 0.2) is 36.4 Å². The Balaban J connectivity index is 1.96. The third-order valence-electron chi connectivity index (χ3n) is 3.61. The number of rotatable bonds is 6. The molecular formula is C18H17Cl2FN2O3. The number of carbonyl (C=O) groups is 2. The largest absolute Gasteiger partial charge is 0.494 e. The van der Waals surface area contributed by atoms with Gasteiger partial charge in [0.05, 0.1) is 35.8 Å². The molecule has 0 aromatic heterocycles. The van der Waals surface area contributed by atoms with Crippen LogP contribution < -0.4 is 10.1 Å². The SMILES string of the molecule is COc1ccc(CC(=O)N(C)CC(=O)Nc2c(Cl)cccc2Cl)cc1F. The number of ether oxygens (including phenoxy) is 1. The van der Waals surface area contributed by atoms with Crippen molar-refractivity contribution in [2.75, 3.05) is 26.0 Å². The minimum Gasteiger partial charge on any atom is -0.494 e. The van der Waals surface area contributed by atoms with Crippen molar-refractivity contribution in [1.29, 1.82) is 0 Å². The Morgan fingerprint density at radius 1 is 1.19 bits per heavy atom. The second-order valence-electron chi connectivity index (χ2n) is 5.54. The third-order valence-corrected chi connectivity index (χ3v) is 4.24. The van der Waals surface area contributed by atoms with Gasteiger partial charge in [0.15, 0.2) is 11.6 Å². The van der Waals surface area contributed by atoms with E-state index in [0.717, 1.165) is 0 Å². The molecule has 1 N–H and O–H groups in total. The zero-order chi connectivity index (χ0) is 19.3. The summed E-state index contributed by atoms with van der Waals surface area (Å²) in [7, 11) is 2.84. The molecule has 0 saturated carbocycles. The Kier molecular flexibility index (Phi) is 6.83. The van der Waals surface area contributed by atoms with E-state index < -0.39 is 11.7 Å². The number of carbonyl (C=O) groups excluding carboxylic acids is 2. The van der Waals surface area contributed by atoms with E-state index in [2.05, 4.69) is 5.32 Å². The highest BCUT2D eigenvalue weighted by Gasteiger charge is 2.16. The minimum absolute atomic E-state index is 0.0441. The molecule has 8 heteroatoms. The fourth-order valence-corrected chi connectivity index (χ4v) is 2.72. The molecular weight excluding hydrogens is 382 g/mol. The molecule has 2 aromatic carbocycles. The molecule has 0 aliphatic rings. The lowest BCUT2D eigenvalue weighted by molar-refractivity contribution is -0.132. The third kappa shape index (κ3) is 5.09. The van der Waals surface area contributed by atoms with Gasteiger partial charge in [-0.25, -0.2) is 4.39 Å². The molecule has 138 valence electrons. The topological polar surface area (TPSA) is 58.6 Å². The normalized spacial score (nSPS) is 10.3. The fourth-order valence-electron chi connectivity index (χ4n) is 2.23. The van der Waals surface area contributed by atoms with Crippen LogP contribution >= 0.6 is 23.2 Å². The van der Waals surface area contributed by atoms with Gasteiger partial charge in [0.1, 0.15) is 0 Å². The Hall–Kier alpha value is -2.31. The molecule has 0 spiro atoms. The summed E-state index contributed by atoms with van der Waals surface area (Å²) in [5.74, 6) is -1.23. The molecule has 2 amide bonds. The van der Waals surface area contributed by atoms with E-state index in [0.29, 0.717) is 21.3 Å². The van der Waals surface area contributed by atoms with Gasteiger partial charge in [0, 0.05) is 7.05 Å². The van der Waals surface area contributed by atoms with Crippen LogP contribution in [0.3, 0.4) is 0 Å². The van der Waals surface area contributed by atoms with Crippen molar-refractivity contribution in [2.24, 2.45) is 0 Å². The van der Waals surface area contributed by atoms with E-state index in [4.69, 9.17) is 27.9 Å². The quantitative estimate of drug-likeness (QED) is 0.805. The molecule has 0 bridgehead atoms. The number of benzene rings is 2. The molecule has 0 aliphatic heterocycles. The van der Waals surface area contributed by atoms with Crippen LogP contribution in [0.1, 0.15) is 5.56 Å². The molecule has 0 atom stereocenters. The number of para-hydroxylation sites is 1. The number of amides is 2. The molecule has 0 saturated heterocycles. The van der Waals surface area contributed by atoms with Gasteiger partial charge in [-0.3, -0.25) is 9.59 Å². The van der Waals surface area contributed by atoms with Crippen LogP contribution in [-0.2, 0) is 16.0 Å². The van der Waals surface area contributed by atoms with E-state index >= 15 is 0 Å². The summed E-state index contributed by atoms with van der Waals surface area (Å²) in [5, 5.41) is 3.18. The lowest BCUT2D eigenvalue weighted by Crippen LogP contribution is -2.35. The van der Waals surface area contributed by atoms with Crippen molar-refractivity contribution in [3.05, 3.63) is 57.8 Å². The van der Waals surface area contributed by atoms with Crippen LogP contribution in [-0.4, -0.2) is 37.4 Å². The molecule has 0 heterocycles. The van der Waals surface area contributed by atoms with E-state index in [1.165, 1.54) is 31.2 Å². The first-order valence-corrected chi connectivity index (χ1v) is 8.37. The summed E-state index contributed by atoms with van der Waals surface area (Å²) >= 11 is 12.0. The van der Waals surface area contributed by atoms with Crippen molar-refractivity contribution in [2.45, 2.75) is 6.42 Å². The zero-order valence-corrected chi connectivity index (χ0v) is 15.7. The highest BCUT2D eigenvalue weighted by Crippen LogP contribution is 2.29. The smallest absolute Gasteiger partial charge is 0.244 e. The van der Waals surface area contributed by atoms with Crippen molar-refractivity contribution in [1.82, 2.24) is 4.90 Å². The van der Waals surface area contributed by atoms with Crippen molar-refractivity contribution in [3.8, 4) is 5.75 Å². The van der Waals surface area contributed by atoms with Gasteiger partial charge in [0.2, 0.25) is 11.8 Å². The second-order valence-corrected chi connectivity index (χ2v) is 6.35. The van der Waals surface area contributed by atoms with Crippen molar-refractivity contribution >= 4 is 40.7 Å². The maximum Gasteiger partial charge on any atom is 0.244 e. The van der Waals surface area contributed by atoms with Crippen LogP contribution in [0.5, 0.6) is 5.75 Å². The van der Waals surface area contributed by atoms with Gasteiger partial charge in [0.25, 0.3) is 0 Å². The molecule has 0 radical (unpaired) electrons. The number of halogens is 3. The van der Waals surface area contributed by atoms with Crippen molar-refractivity contribution in [3.63, 3.8) is 0 Å². The zero-order valence-electron chi connectivity index (χ0n) is 14.2. The predicted molar refractivity (Wildman–Crippen MR) is 99.4 cm³/mol. The maximum absolute atomic E-state index is 13.7. The van der Waals surface area contributed by atoms with Gasteiger partial charge in [-0.05, 0) is 29.8 Å². The summed E-state index contributed by atoms with van der Waals surface area (Å²) in [6.45, 7) is -0.195. The van der Waals surface area contributed by atoms with Crippen LogP contribution in [0.2, 0.25) is 10.0 Å². The summed E-state index contributed by atoms with van der Waals surface area (Å²) in [4.78, 5) is 25.6. The Bertz CT molecular complexity index is 810. The highest BCUT2D eigenvalue weighted by molar-refractivity contribution is 6.39. The molecule has 0 fully saturated rings. The first-order valence-electron chi connectivity index (χ1n) is 7.62. The first-order chi connectivity index (χ1) is 12.3. The van der Waals surface area contributed by atoms with Crippen LogP contribution in [0.4, 0.5) is 10.1 Å². The number of anilines is 1. The molecule has 26 heavy (non-hydrogen) atoms.